The molecule has 5 heteroatoms. The molecule has 0 fully saturated rings. The number of fused-ring (bicyclic) bond motifs is 5. The molecular weight excluding hydrogens is 500 g/mol. The summed E-state index contributed by atoms with van der Waals surface area (Å²) < 4.78 is 29.6. The first-order chi connectivity index (χ1) is 18.9. The monoisotopic (exact) mass is 530 g/mol. The molecule has 194 valence electrons. The van der Waals surface area contributed by atoms with Crippen LogP contribution in [0, 0.1) is 19.8 Å². The van der Waals surface area contributed by atoms with Gasteiger partial charge in [-0.2, -0.15) is 0 Å². The summed E-state index contributed by atoms with van der Waals surface area (Å²) in [6, 6.07) is 30.7. The molecule has 0 aromatic heterocycles. The fourth-order valence-corrected chi connectivity index (χ4v) is 7.51. The van der Waals surface area contributed by atoms with Gasteiger partial charge in [0.1, 0.15) is 0 Å². The number of anilines is 2. The molecule has 0 amide bonds. The van der Waals surface area contributed by atoms with Gasteiger partial charge in [0.25, 0.3) is 10.0 Å². The van der Waals surface area contributed by atoms with Crippen LogP contribution in [0.15, 0.2) is 108 Å². The maximum absolute atomic E-state index is 13.4. The second-order valence-corrected chi connectivity index (χ2v) is 12.5. The van der Waals surface area contributed by atoms with Crippen molar-refractivity contribution in [3.63, 3.8) is 0 Å². The normalized spacial score (nSPS) is 20.0. The predicted octanol–water partition coefficient (Wildman–Crippen LogP) is 8.24. The van der Waals surface area contributed by atoms with Crippen LogP contribution in [0.4, 0.5) is 11.4 Å². The number of benzene rings is 5. The van der Waals surface area contributed by atoms with E-state index in [2.05, 4.69) is 76.8 Å². The van der Waals surface area contributed by atoms with E-state index in [1.807, 2.05) is 44.2 Å². The van der Waals surface area contributed by atoms with E-state index in [0.717, 1.165) is 28.8 Å². The van der Waals surface area contributed by atoms with Gasteiger partial charge in [-0.15, -0.1) is 0 Å². The third-order valence-electron chi connectivity index (χ3n) is 8.53. The minimum absolute atomic E-state index is 0.101. The Morgan fingerprint density at radius 2 is 1.51 bits per heavy atom. The Morgan fingerprint density at radius 3 is 2.23 bits per heavy atom. The Bertz CT molecular complexity index is 1850. The zero-order chi connectivity index (χ0) is 26.7. The SMILES string of the molecule is Cc1ccc(NS(=O)(=O)c2ccc3c(c2)C2C=CCC2C(c2c4ccccc4cc4ccccc24)N3)cc1C. The Balaban J connectivity index is 1.31. The lowest BCUT2D eigenvalue weighted by Gasteiger charge is -2.38. The van der Waals surface area contributed by atoms with Gasteiger partial charge in [0, 0.05) is 17.3 Å². The first-order valence-electron chi connectivity index (χ1n) is 13.5. The predicted molar refractivity (Wildman–Crippen MR) is 161 cm³/mol. The van der Waals surface area contributed by atoms with Crippen LogP contribution in [0.2, 0.25) is 0 Å². The molecule has 5 aromatic rings. The van der Waals surface area contributed by atoms with Gasteiger partial charge in [0.2, 0.25) is 0 Å². The number of hydrogen-bond acceptors (Lipinski definition) is 3. The van der Waals surface area contributed by atoms with E-state index >= 15 is 0 Å². The van der Waals surface area contributed by atoms with E-state index in [4.69, 9.17) is 0 Å². The summed E-state index contributed by atoms with van der Waals surface area (Å²) in [7, 11) is -3.73. The van der Waals surface area contributed by atoms with Crippen LogP contribution in [-0.2, 0) is 10.0 Å². The molecule has 1 heterocycles. The number of allylic oxidation sites excluding steroid dienone is 2. The minimum Gasteiger partial charge on any atom is -0.378 e. The van der Waals surface area contributed by atoms with Crippen LogP contribution < -0.4 is 10.0 Å². The van der Waals surface area contributed by atoms with Gasteiger partial charge in [0.05, 0.1) is 10.9 Å². The summed E-state index contributed by atoms with van der Waals surface area (Å²) in [6.45, 7) is 4.00. The van der Waals surface area contributed by atoms with E-state index in [0.29, 0.717) is 5.69 Å². The third-order valence-corrected chi connectivity index (χ3v) is 9.91. The van der Waals surface area contributed by atoms with E-state index in [1.54, 1.807) is 6.07 Å². The van der Waals surface area contributed by atoms with Crippen molar-refractivity contribution >= 4 is 42.9 Å². The molecule has 7 rings (SSSR count). The van der Waals surface area contributed by atoms with Gasteiger partial charge in [-0.05, 0) is 106 Å². The molecule has 0 bridgehead atoms. The molecule has 3 atom stereocenters. The molecule has 1 aliphatic heterocycles. The Labute approximate surface area is 229 Å². The molecule has 2 aliphatic rings. The molecular formula is C34H30N2O2S. The number of hydrogen-bond donors (Lipinski definition) is 2. The number of aryl methyl sites for hydroxylation is 2. The highest BCUT2D eigenvalue weighted by molar-refractivity contribution is 7.92. The topological polar surface area (TPSA) is 58.2 Å². The van der Waals surface area contributed by atoms with E-state index in [-0.39, 0.29) is 22.8 Å². The van der Waals surface area contributed by atoms with Crippen molar-refractivity contribution in [2.24, 2.45) is 5.92 Å². The first kappa shape index (κ1) is 24.0. The maximum atomic E-state index is 13.4. The molecule has 2 N–H and O–H groups in total. The highest BCUT2D eigenvalue weighted by Gasteiger charge is 2.39. The second-order valence-electron chi connectivity index (χ2n) is 10.9. The number of sulfonamides is 1. The molecule has 0 radical (unpaired) electrons. The van der Waals surface area contributed by atoms with E-state index in [1.165, 1.54) is 27.1 Å². The van der Waals surface area contributed by atoms with E-state index < -0.39 is 10.0 Å². The maximum Gasteiger partial charge on any atom is 0.261 e. The fourth-order valence-electron chi connectivity index (χ4n) is 6.43. The number of rotatable bonds is 4. The third kappa shape index (κ3) is 4.00. The lowest BCUT2D eigenvalue weighted by molar-refractivity contribution is 0.428. The Morgan fingerprint density at radius 1 is 0.795 bits per heavy atom. The molecule has 1 aliphatic carbocycles. The largest absolute Gasteiger partial charge is 0.378 e. The van der Waals surface area contributed by atoms with Crippen LogP contribution in [0.3, 0.4) is 0 Å². The van der Waals surface area contributed by atoms with E-state index in [9.17, 15) is 8.42 Å². The lowest BCUT2D eigenvalue weighted by atomic mass is 9.75. The Kier molecular flexibility index (Phi) is 5.53. The van der Waals surface area contributed by atoms with Crippen molar-refractivity contribution in [2.45, 2.75) is 37.1 Å². The summed E-state index contributed by atoms with van der Waals surface area (Å²) in [4.78, 5) is 0.286. The van der Waals surface area contributed by atoms with Crippen LogP contribution in [-0.4, -0.2) is 8.42 Å². The molecule has 5 aromatic carbocycles. The average molecular weight is 531 g/mol. The van der Waals surface area contributed by atoms with Gasteiger partial charge < -0.3 is 5.32 Å². The summed E-state index contributed by atoms with van der Waals surface area (Å²) >= 11 is 0. The second kappa shape index (κ2) is 8.99. The summed E-state index contributed by atoms with van der Waals surface area (Å²) in [6.07, 6.45) is 5.45. The van der Waals surface area contributed by atoms with Crippen molar-refractivity contribution in [3.8, 4) is 0 Å². The van der Waals surface area contributed by atoms with Crippen LogP contribution >= 0.6 is 0 Å². The summed E-state index contributed by atoms with van der Waals surface area (Å²) in [5.41, 5.74) is 6.12. The molecule has 4 nitrogen and oxygen atoms in total. The quantitative estimate of drug-likeness (QED) is 0.182. The highest BCUT2D eigenvalue weighted by atomic mass is 32.2. The van der Waals surface area contributed by atoms with Gasteiger partial charge >= 0.3 is 0 Å². The van der Waals surface area contributed by atoms with Crippen LogP contribution in [0.5, 0.6) is 0 Å². The van der Waals surface area contributed by atoms with Gasteiger partial charge in [0.15, 0.2) is 0 Å². The van der Waals surface area contributed by atoms with Crippen molar-refractivity contribution in [3.05, 3.63) is 125 Å². The molecule has 39 heavy (non-hydrogen) atoms. The molecule has 3 unspecified atom stereocenters. The Hall–Kier alpha value is -4.09. The lowest BCUT2D eigenvalue weighted by Crippen LogP contribution is -2.29. The molecule has 0 saturated carbocycles. The highest BCUT2D eigenvalue weighted by Crippen LogP contribution is 2.52. The molecule has 0 spiro atoms. The summed E-state index contributed by atoms with van der Waals surface area (Å²) in [5, 5.41) is 8.86. The standard InChI is InChI=1S/C34H30N2O2S/c1-21-14-15-25(18-22(21)2)36-39(37,38)26-16-17-32-31(20-26)29-12-7-13-30(29)34(35-32)33-27-10-5-3-8-23(27)19-24-9-4-6-11-28(24)33/h3-12,14-20,29-30,34-36H,13H2,1-2H3. The van der Waals surface area contributed by atoms with Crippen molar-refractivity contribution in [1.82, 2.24) is 0 Å². The van der Waals surface area contributed by atoms with Crippen LogP contribution in [0.25, 0.3) is 21.5 Å². The van der Waals surface area contributed by atoms with Crippen molar-refractivity contribution in [1.29, 1.82) is 0 Å². The van der Waals surface area contributed by atoms with Gasteiger partial charge in [-0.25, -0.2) is 8.42 Å². The van der Waals surface area contributed by atoms with Gasteiger partial charge in [-0.1, -0.05) is 66.7 Å². The number of nitrogens with one attached hydrogen (secondary N) is 2. The van der Waals surface area contributed by atoms with Crippen LogP contribution in [0.1, 0.15) is 40.6 Å². The smallest absolute Gasteiger partial charge is 0.261 e. The molecule has 0 saturated heterocycles. The van der Waals surface area contributed by atoms with Crippen molar-refractivity contribution < 1.29 is 8.42 Å². The van der Waals surface area contributed by atoms with Crippen molar-refractivity contribution in [2.75, 3.05) is 10.0 Å². The zero-order valence-electron chi connectivity index (χ0n) is 22.0. The minimum atomic E-state index is -3.73. The fraction of sp³-hybridized carbons (Fsp3) is 0.176. The summed E-state index contributed by atoms with van der Waals surface area (Å²) in [5.74, 6) is 0.429. The van der Waals surface area contributed by atoms with Gasteiger partial charge in [-0.3, -0.25) is 4.72 Å². The zero-order valence-corrected chi connectivity index (χ0v) is 22.8. The average Bonchev–Trinajstić information content (AvgIpc) is 3.44. The first-order valence-corrected chi connectivity index (χ1v) is 14.9.